The van der Waals surface area contributed by atoms with Crippen molar-refractivity contribution in [2.75, 3.05) is 0 Å². The number of hydrogen-bond acceptors (Lipinski definition) is 1. The molecule has 0 radical (unpaired) electrons. The highest BCUT2D eigenvalue weighted by molar-refractivity contribution is 7.73. The van der Waals surface area contributed by atoms with E-state index in [1.54, 1.807) is 0 Å². The van der Waals surface area contributed by atoms with Gasteiger partial charge in [-0.2, -0.15) is 0 Å². The second kappa shape index (κ2) is 10.1. The van der Waals surface area contributed by atoms with Crippen molar-refractivity contribution in [2.24, 2.45) is 5.92 Å². The molecule has 1 aliphatic carbocycles. The highest BCUT2D eigenvalue weighted by Gasteiger charge is 2.41. The molecule has 0 amide bonds. The molecule has 1 atom stereocenters. The van der Waals surface area contributed by atoms with Crippen molar-refractivity contribution in [1.29, 1.82) is 0 Å². The summed E-state index contributed by atoms with van der Waals surface area (Å²) in [6, 6.07) is 33.7. The van der Waals surface area contributed by atoms with Crippen LogP contribution in [0.5, 0.6) is 0 Å². The van der Waals surface area contributed by atoms with Crippen LogP contribution in [0.2, 0.25) is 0 Å². The van der Waals surface area contributed by atoms with Crippen molar-refractivity contribution in [1.82, 2.24) is 4.90 Å². The Labute approximate surface area is 190 Å². The molecule has 1 aliphatic rings. The lowest BCUT2D eigenvalue weighted by Gasteiger charge is -2.48. The van der Waals surface area contributed by atoms with Crippen LogP contribution in [0.15, 0.2) is 91.0 Å². The van der Waals surface area contributed by atoms with Crippen LogP contribution in [0.1, 0.15) is 52.0 Å². The maximum Gasteiger partial charge on any atom is 0.0415 e. The molecule has 0 aliphatic heterocycles. The van der Waals surface area contributed by atoms with Gasteiger partial charge in [0.15, 0.2) is 0 Å². The van der Waals surface area contributed by atoms with Gasteiger partial charge in [0.1, 0.15) is 0 Å². The van der Waals surface area contributed by atoms with E-state index in [4.69, 9.17) is 0 Å². The number of benzene rings is 3. The van der Waals surface area contributed by atoms with E-state index in [0.29, 0.717) is 5.78 Å². The molecule has 0 heterocycles. The zero-order valence-corrected chi connectivity index (χ0v) is 20.1. The Morgan fingerprint density at radius 3 is 1.65 bits per heavy atom. The molecule has 0 spiro atoms. The maximum atomic E-state index is 2.84. The summed E-state index contributed by atoms with van der Waals surface area (Å²) >= 11 is 0. The number of hydrogen-bond donors (Lipinski definition) is 0. The van der Waals surface area contributed by atoms with E-state index in [0.717, 1.165) is 12.5 Å². The fourth-order valence-electron chi connectivity index (χ4n) is 5.00. The molecule has 3 aromatic carbocycles. The summed E-state index contributed by atoms with van der Waals surface area (Å²) in [5.74, 6) is 1.27. The average molecular weight is 430 g/mol. The number of rotatable bonds is 7. The van der Waals surface area contributed by atoms with Crippen LogP contribution >= 0.6 is 7.92 Å². The van der Waals surface area contributed by atoms with Gasteiger partial charge in [0.05, 0.1) is 0 Å². The van der Waals surface area contributed by atoms with Crippen LogP contribution in [0.4, 0.5) is 0 Å². The predicted octanol–water partition coefficient (Wildman–Crippen LogP) is 6.94. The van der Waals surface area contributed by atoms with Gasteiger partial charge >= 0.3 is 0 Å². The molecule has 1 fully saturated rings. The van der Waals surface area contributed by atoms with Crippen molar-refractivity contribution in [2.45, 2.75) is 64.3 Å². The lowest BCUT2D eigenvalue weighted by atomic mass is 9.99. The topological polar surface area (TPSA) is 3.24 Å². The van der Waals surface area contributed by atoms with Gasteiger partial charge in [-0.05, 0) is 63.6 Å². The van der Waals surface area contributed by atoms with E-state index in [-0.39, 0.29) is 5.54 Å². The van der Waals surface area contributed by atoms with Gasteiger partial charge in [-0.15, -0.1) is 0 Å². The van der Waals surface area contributed by atoms with Crippen LogP contribution in [0.3, 0.4) is 0 Å². The van der Waals surface area contributed by atoms with Crippen LogP contribution in [-0.2, 0) is 6.54 Å². The van der Waals surface area contributed by atoms with Crippen molar-refractivity contribution in [3.05, 3.63) is 96.6 Å². The molecule has 31 heavy (non-hydrogen) atoms. The van der Waals surface area contributed by atoms with E-state index < -0.39 is 7.92 Å². The lowest BCUT2D eigenvalue weighted by molar-refractivity contribution is 0.0847. The second-order valence-corrected chi connectivity index (χ2v) is 12.1. The summed E-state index contributed by atoms with van der Waals surface area (Å²) in [5, 5.41) is 3.01. The monoisotopic (exact) mass is 429 g/mol. The summed E-state index contributed by atoms with van der Waals surface area (Å²) in [6.07, 6.45) is 5.45. The molecule has 1 saturated carbocycles. The van der Waals surface area contributed by atoms with E-state index in [1.165, 1.54) is 41.9 Å². The normalized spacial score (nSPS) is 16.2. The standard InChI is InChI=1S/C29H36NP/c1-29(2,3)30(23-24-15-7-4-8-16-24)28(25-17-13-14-18-25)31(26-19-9-5-10-20-26)27-21-11-6-12-22-27/h4-12,15-16,19-22,25,28H,13-14,17-18,23H2,1-3H3. The van der Waals surface area contributed by atoms with E-state index >= 15 is 0 Å². The fourth-order valence-corrected chi connectivity index (χ4v) is 8.32. The summed E-state index contributed by atoms with van der Waals surface area (Å²) in [5.41, 5.74) is 1.50. The zero-order chi connectivity index (χ0) is 21.7. The minimum atomic E-state index is -0.499. The third kappa shape index (κ3) is 5.46. The van der Waals surface area contributed by atoms with Gasteiger partial charge in [-0.3, -0.25) is 4.90 Å². The van der Waals surface area contributed by atoms with Crippen molar-refractivity contribution in [3.63, 3.8) is 0 Å². The Morgan fingerprint density at radius 1 is 0.742 bits per heavy atom. The average Bonchev–Trinajstić information content (AvgIpc) is 3.32. The molecular weight excluding hydrogens is 393 g/mol. The van der Waals surface area contributed by atoms with Gasteiger partial charge in [0.2, 0.25) is 0 Å². The Kier molecular flexibility index (Phi) is 7.26. The maximum absolute atomic E-state index is 2.84. The van der Waals surface area contributed by atoms with Gasteiger partial charge in [0.25, 0.3) is 0 Å². The molecule has 1 unspecified atom stereocenters. The van der Waals surface area contributed by atoms with Gasteiger partial charge in [-0.25, -0.2) is 0 Å². The quantitative estimate of drug-likeness (QED) is 0.368. The molecule has 1 nitrogen and oxygen atoms in total. The first-order valence-electron chi connectivity index (χ1n) is 11.7. The Bertz CT molecular complexity index is 872. The Hall–Kier alpha value is -1.95. The van der Waals surface area contributed by atoms with Crippen molar-refractivity contribution < 1.29 is 0 Å². The highest BCUT2D eigenvalue weighted by Crippen LogP contribution is 2.51. The van der Waals surface area contributed by atoms with Crippen LogP contribution in [-0.4, -0.2) is 16.2 Å². The first-order valence-corrected chi connectivity index (χ1v) is 13.1. The summed E-state index contributed by atoms with van der Waals surface area (Å²) in [6.45, 7) is 8.22. The molecule has 3 aromatic rings. The molecule has 0 saturated heterocycles. The molecular formula is C29H36NP. The molecule has 0 bridgehead atoms. The van der Waals surface area contributed by atoms with Gasteiger partial charge in [0, 0.05) is 17.9 Å². The summed E-state index contributed by atoms with van der Waals surface area (Å²) < 4.78 is 0. The lowest BCUT2D eigenvalue weighted by Crippen LogP contribution is -2.51. The largest absolute Gasteiger partial charge is 0.287 e. The first-order chi connectivity index (χ1) is 15.0. The Balaban J connectivity index is 1.84. The molecule has 2 heteroatoms. The highest BCUT2D eigenvalue weighted by atomic mass is 31.1. The predicted molar refractivity (Wildman–Crippen MR) is 137 cm³/mol. The van der Waals surface area contributed by atoms with Crippen LogP contribution in [0, 0.1) is 5.92 Å². The van der Waals surface area contributed by atoms with Crippen molar-refractivity contribution in [3.8, 4) is 0 Å². The van der Waals surface area contributed by atoms with Gasteiger partial charge < -0.3 is 0 Å². The fraction of sp³-hybridized carbons (Fsp3) is 0.379. The zero-order valence-electron chi connectivity index (χ0n) is 19.2. The summed E-state index contributed by atoms with van der Waals surface area (Å²) in [4.78, 5) is 2.84. The van der Waals surface area contributed by atoms with Crippen molar-refractivity contribution >= 4 is 18.5 Å². The molecule has 0 aromatic heterocycles. The van der Waals surface area contributed by atoms with E-state index in [9.17, 15) is 0 Å². The SMILES string of the molecule is CC(C)(C)N(Cc1ccccc1)C(C1CCCC1)P(c1ccccc1)c1ccccc1. The molecule has 4 rings (SSSR count). The third-order valence-electron chi connectivity index (χ3n) is 6.53. The van der Waals surface area contributed by atoms with Crippen LogP contribution in [0.25, 0.3) is 0 Å². The third-order valence-corrected chi connectivity index (χ3v) is 9.47. The van der Waals surface area contributed by atoms with Crippen LogP contribution < -0.4 is 10.6 Å². The first kappa shape index (κ1) is 22.3. The van der Waals surface area contributed by atoms with E-state index in [2.05, 4.69) is 117 Å². The minimum Gasteiger partial charge on any atom is -0.287 e. The summed E-state index contributed by atoms with van der Waals surface area (Å²) in [7, 11) is -0.499. The second-order valence-electron chi connectivity index (χ2n) is 9.78. The molecule has 0 N–H and O–H groups in total. The minimum absolute atomic E-state index is 0.0905. The van der Waals surface area contributed by atoms with Gasteiger partial charge in [-0.1, -0.05) is 104 Å². The number of nitrogens with zero attached hydrogens (tertiary/aromatic N) is 1. The van der Waals surface area contributed by atoms with E-state index in [1.807, 2.05) is 0 Å². The Morgan fingerprint density at radius 2 is 1.19 bits per heavy atom. The smallest absolute Gasteiger partial charge is 0.0415 e. The molecule has 162 valence electrons.